The summed E-state index contributed by atoms with van der Waals surface area (Å²) in [7, 11) is 4.61. The number of allylic oxidation sites excluding steroid dienone is 1. The molecule has 0 saturated carbocycles. The average Bonchev–Trinajstić information content (AvgIpc) is 3.68. The zero-order valence-electron chi connectivity index (χ0n) is 20.4. The fourth-order valence-electron chi connectivity index (χ4n) is 5.58. The number of methoxy groups -OCH3 is 3. The van der Waals surface area contributed by atoms with Crippen molar-refractivity contribution < 1.29 is 42.7 Å². The van der Waals surface area contributed by atoms with Crippen LogP contribution in [0.25, 0.3) is 0 Å². The molecular weight excluding hydrogens is 480 g/mol. The first kappa shape index (κ1) is 23.1. The minimum atomic E-state index is -0.741. The standard InChI is InChI=1S/C28H24O9/c1-31-21-8-15(9-22(32-2)26(21)33-3)23-16-10-19-20(36-13-35-19)11-17(16)25(18-12-34-28(30)24(18)23)37-27(29)14-6-4-5-7-14/h4-6,8-11,18,23-25H,12-13H2,1-3H3/t18-,23+,24-,25-/m0/s1. The Balaban J connectivity index is 1.54. The first-order chi connectivity index (χ1) is 18.0. The molecule has 2 aliphatic carbocycles. The molecule has 0 N–H and O–H groups in total. The van der Waals surface area contributed by atoms with E-state index in [1.807, 2.05) is 24.3 Å². The lowest BCUT2D eigenvalue weighted by Gasteiger charge is -2.38. The summed E-state index contributed by atoms with van der Waals surface area (Å²) < 4.78 is 39.6. The van der Waals surface area contributed by atoms with Gasteiger partial charge in [0.05, 0.1) is 33.9 Å². The Kier molecular flexibility index (Phi) is 5.57. The van der Waals surface area contributed by atoms with Crippen molar-refractivity contribution in [3.8, 4) is 28.7 Å². The molecule has 0 aromatic heterocycles. The molecule has 2 aromatic carbocycles. The summed E-state index contributed by atoms with van der Waals surface area (Å²) in [6, 6.07) is 7.33. The topological polar surface area (TPSA) is 98.8 Å². The molecule has 0 spiro atoms. The summed E-state index contributed by atoms with van der Waals surface area (Å²) in [5, 5.41) is 0. The molecule has 37 heavy (non-hydrogen) atoms. The van der Waals surface area contributed by atoms with E-state index >= 15 is 0 Å². The number of hydrogen-bond donors (Lipinski definition) is 0. The van der Waals surface area contributed by atoms with E-state index in [1.165, 1.54) is 21.3 Å². The number of carbonyl (C=O) groups excluding carboxylic acids is 2. The van der Waals surface area contributed by atoms with Gasteiger partial charge < -0.3 is 33.2 Å². The third-order valence-corrected chi connectivity index (χ3v) is 7.22. The zero-order chi connectivity index (χ0) is 25.7. The molecule has 4 aliphatic rings. The molecule has 2 aromatic rings. The van der Waals surface area contributed by atoms with Crippen molar-refractivity contribution in [3.05, 3.63) is 70.5 Å². The van der Waals surface area contributed by atoms with Crippen molar-refractivity contribution in [3.63, 3.8) is 0 Å². The Morgan fingerprint density at radius 1 is 0.946 bits per heavy atom. The van der Waals surface area contributed by atoms with Gasteiger partial charge in [0.2, 0.25) is 12.5 Å². The summed E-state index contributed by atoms with van der Waals surface area (Å²) in [6.07, 6.45) is 4.26. The van der Waals surface area contributed by atoms with Crippen LogP contribution in [0.3, 0.4) is 0 Å². The number of cyclic esters (lactones) is 1. The van der Waals surface area contributed by atoms with Gasteiger partial charge in [-0.05, 0) is 47.5 Å². The van der Waals surface area contributed by atoms with Crippen LogP contribution in [0.5, 0.6) is 28.7 Å². The number of benzene rings is 2. The molecule has 1 saturated heterocycles. The van der Waals surface area contributed by atoms with Gasteiger partial charge in [-0.1, -0.05) is 6.08 Å². The van der Waals surface area contributed by atoms with Crippen LogP contribution in [-0.4, -0.2) is 46.7 Å². The summed E-state index contributed by atoms with van der Waals surface area (Å²) in [5.41, 5.74) is 5.44. The number of fused-ring (bicyclic) bond motifs is 3. The Labute approximate surface area is 212 Å². The number of ether oxygens (including phenoxy) is 7. The number of hydrogen-bond acceptors (Lipinski definition) is 9. The molecular formula is C28H24O9. The fraction of sp³-hybridized carbons (Fsp3) is 0.321. The van der Waals surface area contributed by atoms with E-state index in [-0.39, 0.29) is 19.4 Å². The van der Waals surface area contributed by atoms with Crippen molar-refractivity contribution in [1.82, 2.24) is 0 Å². The SMILES string of the molecule is COc1cc([C@@H]2c3cc4c(cc3[C@H](OC(=O)C3=C=CC=C3)[C@H]3COC(=O)[C@H]23)OCO4)cc(OC)c1OC. The summed E-state index contributed by atoms with van der Waals surface area (Å²) in [5.74, 6) is 0.0565. The highest BCUT2D eigenvalue weighted by atomic mass is 16.7. The summed E-state index contributed by atoms with van der Waals surface area (Å²) in [6.45, 7) is 0.190. The third-order valence-electron chi connectivity index (χ3n) is 7.22. The molecule has 1 fully saturated rings. The third kappa shape index (κ3) is 3.62. The van der Waals surface area contributed by atoms with Crippen LogP contribution in [0.1, 0.15) is 28.7 Å². The van der Waals surface area contributed by atoms with Crippen molar-refractivity contribution >= 4 is 11.9 Å². The predicted molar refractivity (Wildman–Crippen MR) is 128 cm³/mol. The van der Waals surface area contributed by atoms with Crippen molar-refractivity contribution in [2.75, 3.05) is 34.7 Å². The highest BCUT2D eigenvalue weighted by Crippen LogP contribution is 2.56. The highest BCUT2D eigenvalue weighted by molar-refractivity contribution is 5.92. The zero-order valence-corrected chi connectivity index (χ0v) is 20.4. The van der Waals surface area contributed by atoms with E-state index in [4.69, 9.17) is 33.2 Å². The van der Waals surface area contributed by atoms with Crippen LogP contribution in [0.4, 0.5) is 0 Å². The smallest absolute Gasteiger partial charge is 0.346 e. The predicted octanol–water partition coefficient (Wildman–Crippen LogP) is 3.61. The number of rotatable bonds is 6. The van der Waals surface area contributed by atoms with E-state index in [0.717, 1.165) is 16.7 Å². The molecule has 9 nitrogen and oxygen atoms in total. The number of esters is 2. The average molecular weight is 504 g/mol. The van der Waals surface area contributed by atoms with E-state index in [2.05, 4.69) is 5.73 Å². The lowest BCUT2D eigenvalue weighted by molar-refractivity contribution is -0.149. The molecule has 9 heteroatoms. The first-order valence-corrected chi connectivity index (χ1v) is 11.8. The van der Waals surface area contributed by atoms with E-state index in [1.54, 1.807) is 18.2 Å². The minimum Gasteiger partial charge on any atom is -0.493 e. The summed E-state index contributed by atoms with van der Waals surface area (Å²) in [4.78, 5) is 26.2. The second-order valence-electron chi connectivity index (χ2n) is 9.00. The first-order valence-electron chi connectivity index (χ1n) is 11.8. The van der Waals surface area contributed by atoms with Gasteiger partial charge in [0.1, 0.15) is 11.7 Å². The Morgan fingerprint density at radius 3 is 2.27 bits per heavy atom. The van der Waals surface area contributed by atoms with Crippen LogP contribution < -0.4 is 23.7 Å². The van der Waals surface area contributed by atoms with Crippen molar-refractivity contribution in [2.45, 2.75) is 12.0 Å². The quantitative estimate of drug-likeness (QED) is 0.432. The van der Waals surface area contributed by atoms with E-state index in [9.17, 15) is 9.59 Å². The van der Waals surface area contributed by atoms with Gasteiger partial charge >= 0.3 is 11.9 Å². The van der Waals surface area contributed by atoms with Gasteiger partial charge in [0.15, 0.2) is 23.0 Å². The monoisotopic (exact) mass is 504 g/mol. The lowest BCUT2D eigenvalue weighted by Crippen LogP contribution is -2.36. The maximum atomic E-state index is 13.2. The van der Waals surface area contributed by atoms with Crippen LogP contribution >= 0.6 is 0 Å². The Morgan fingerprint density at radius 2 is 1.65 bits per heavy atom. The highest BCUT2D eigenvalue weighted by Gasteiger charge is 2.54. The normalized spacial score (nSPS) is 24.2. The van der Waals surface area contributed by atoms with Gasteiger partial charge in [-0.15, -0.1) is 5.73 Å². The second-order valence-corrected chi connectivity index (χ2v) is 9.00. The summed E-state index contributed by atoms with van der Waals surface area (Å²) >= 11 is 0. The van der Waals surface area contributed by atoms with Crippen LogP contribution in [0, 0.1) is 11.8 Å². The van der Waals surface area contributed by atoms with Gasteiger partial charge in [0, 0.05) is 17.4 Å². The molecule has 0 bridgehead atoms. The molecule has 4 atom stereocenters. The maximum Gasteiger partial charge on any atom is 0.346 e. The van der Waals surface area contributed by atoms with Gasteiger partial charge in [-0.3, -0.25) is 4.79 Å². The molecule has 0 unspecified atom stereocenters. The maximum absolute atomic E-state index is 13.2. The van der Waals surface area contributed by atoms with Crippen LogP contribution in [-0.2, 0) is 19.1 Å². The second kappa shape index (κ2) is 8.94. The fourth-order valence-corrected chi connectivity index (χ4v) is 5.58. The van der Waals surface area contributed by atoms with E-state index < -0.39 is 29.8 Å². The van der Waals surface area contributed by atoms with Crippen molar-refractivity contribution in [1.29, 1.82) is 0 Å². The number of carbonyl (C=O) groups is 2. The minimum absolute atomic E-state index is 0.0783. The molecule has 6 rings (SSSR count). The Hall–Kier alpha value is -4.36. The van der Waals surface area contributed by atoms with Crippen LogP contribution in [0.2, 0.25) is 0 Å². The molecule has 2 heterocycles. The van der Waals surface area contributed by atoms with Gasteiger partial charge in [0.25, 0.3) is 0 Å². The lowest BCUT2D eigenvalue weighted by atomic mass is 9.66. The van der Waals surface area contributed by atoms with Gasteiger partial charge in [-0.25, -0.2) is 4.79 Å². The molecule has 2 aliphatic heterocycles. The molecule has 0 radical (unpaired) electrons. The van der Waals surface area contributed by atoms with E-state index in [0.29, 0.717) is 34.3 Å². The Bertz CT molecular complexity index is 1370. The molecule has 190 valence electrons. The largest absolute Gasteiger partial charge is 0.493 e. The van der Waals surface area contributed by atoms with Crippen LogP contribution in [0.15, 0.2) is 53.8 Å². The van der Waals surface area contributed by atoms with Gasteiger partial charge in [-0.2, -0.15) is 0 Å². The van der Waals surface area contributed by atoms with Crippen molar-refractivity contribution in [2.24, 2.45) is 11.8 Å². The molecule has 0 amide bonds.